The Morgan fingerprint density at radius 3 is 2.31 bits per heavy atom. The maximum absolute atomic E-state index is 11.3. The van der Waals surface area contributed by atoms with Gasteiger partial charge in [0.05, 0.1) is 12.4 Å². The highest BCUT2D eigenvalue weighted by Crippen LogP contribution is 2.05. The Morgan fingerprint density at radius 2 is 1.92 bits per heavy atom. The molecule has 0 saturated carbocycles. The van der Waals surface area contributed by atoms with Gasteiger partial charge in [0.1, 0.15) is 0 Å². The molecule has 0 radical (unpaired) electrons. The average Bonchev–Trinajstić information content (AvgIpc) is 2.03. The molecule has 0 N–H and O–H groups in total. The number of sulfone groups is 1. The molecule has 4 nitrogen and oxygen atoms in total. The standard InChI is InChI=1S/C8H16O4S/c1-4-6-13(10,11)7(3)8(9)12-5-2/h7H,4-6H2,1-3H3. The number of rotatable bonds is 5. The quantitative estimate of drug-likeness (QED) is 0.626. The van der Waals surface area contributed by atoms with Crippen LogP contribution in [0.2, 0.25) is 0 Å². The molecular formula is C8H16O4S. The summed E-state index contributed by atoms with van der Waals surface area (Å²) >= 11 is 0. The molecule has 13 heavy (non-hydrogen) atoms. The van der Waals surface area contributed by atoms with Crippen molar-refractivity contribution in [2.24, 2.45) is 0 Å². The zero-order chi connectivity index (χ0) is 10.5. The molecule has 0 bridgehead atoms. The van der Waals surface area contributed by atoms with E-state index in [9.17, 15) is 13.2 Å². The Morgan fingerprint density at radius 1 is 1.38 bits per heavy atom. The molecule has 0 amide bonds. The van der Waals surface area contributed by atoms with Crippen LogP contribution in [0.25, 0.3) is 0 Å². The molecule has 0 rings (SSSR count). The predicted molar refractivity (Wildman–Crippen MR) is 50.2 cm³/mol. The Balaban J connectivity index is 4.40. The lowest BCUT2D eigenvalue weighted by atomic mass is 10.5. The van der Waals surface area contributed by atoms with Crippen molar-refractivity contribution < 1.29 is 17.9 Å². The molecule has 0 aromatic rings. The van der Waals surface area contributed by atoms with E-state index in [4.69, 9.17) is 0 Å². The van der Waals surface area contributed by atoms with Gasteiger partial charge in [-0.15, -0.1) is 0 Å². The van der Waals surface area contributed by atoms with Crippen molar-refractivity contribution in [1.82, 2.24) is 0 Å². The van der Waals surface area contributed by atoms with E-state index in [1.807, 2.05) is 0 Å². The number of ether oxygens (including phenoxy) is 1. The number of hydrogen-bond acceptors (Lipinski definition) is 4. The fourth-order valence-electron chi connectivity index (χ4n) is 0.868. The Hall–Kier alpha value is -0.580. The van der Waals surface area contributed by atoms with Crippen LogP contribution < -0.4 is 0 Å². The van der Waals surface area contributed by atoms with Crippen LogP contribution in [0.5, 0.6) is 0 Å². The lowest BCUT2D eigenvalue weighted by Crippen LogP contribution is -2.30. The molecule has 0 aromatic carbocycles. The van der Waals surface area contributed by atoms with Gasteiger partial charge in [0, 0.05) is 0 Å². The maximum atomic E-state index is 11.3. The fourth-order valence-corrected chi connectivity index (χ4v) is 2.15. The number of carbonyl (C=O) groups excluding carboxylic acids is 1. The lowest BCUT2D eigenvalue weighted by Gasteiger charge is -2.10. The molecule has 0 aliphatic heterocycles. The minimum absolute atomic E-state index is 0.0347. The number of carbonyl (C=O) groups is 1. The normalized spacial score (nSPS) is 13.8. The summed E-state index contributed by atoms with van der Waals surface area (Å²) in [5.41, 5.74) is 0. The predicted octanol–water partition coefficient (Wildman–Crippen LogP) is 0.763. The topological polar surface area (TPSA) is 60.4 Å². The van der Waals surface area contributed by atoms with E-state index >= 15 is 0 Å². The van der Waals surface area contributed by atoms with Gasteiger partial charge in [-0.3, -0.25) is 4.79 Å². The zero-order valence-corrected chi connectivity index (χ0v) is 9.06. The third-order valence-electron chi connectivity index (χ3n) is 1.65. The SMILES string of the molecule is CCCS(=O)(=O)C(C)C(=O)OCC. The van der Waals surface area contributed by atoms with Crippen LogP contribution in [-0.4, -0.2) is 32.0 Å². The lowest BCUT2D eigenvalue weighted by molar-refractivity contribution is -0.142. The average molecular weight is 208 g/mol. The largest absolute Gasteiger partial charge is 0.465 e. The first-order valence-corrected chi connectivity index (χ1v) is 6.05. The van der Waals surface area contributed by atoms with Gasteiger partial charge in [-0.1, -0.05) is 6.92 Å². The van der Waals surface area contributed by atoms with Crippen molar-refractivity contribution in [2.75, 3.05) is 12.4 Å². The monoisotopic (exact) mass is 208 g/mol. The molecule has 78 valence electrons. The number of hydrogen-bond donors (Lipinski definition) is 0. The highest BCUT2D eigenvalue weighted by atomic mass is 32.2. The highest BCUT2D eigenvalue weighted by Gasteiger charge is 2.27. The molecule has 0 fully saturated rings. The zero-order valence-electron chi connectivity index (χ0n) is 8.24. The Labute approximate surface area is 79.2 Å². The van der Waals surface area contributed by atoms with Crippen molar-refractivity contribution in [3.05, 3.63) is 0 Å². The molecule has 1 unspecified atom stereocenters. The molecule has 5 heteroatoms. The van der Waals surface area contributed by atoms with E-state index in [0.29, 0.717) is 6.42 Å². The van der Waals surface area contributed by atoms with E-state index in [1.54, 1.807) is 13.8 Å². The van der Waals surface area contributed by atoms with Gasteiger partial charge in [0.25, 0.3) is 0 Å². The Bertz CT molecular complexity index is 255. The minimum atomic E-state index is -3.31. The third kappa shape index (κ3) is 3.76. The summed E-state index contributed by atoms with van der Waals surface area (Å²) in [6, 6.07) is 0. The molecule has 0 heterocycles. The first kappa shape index (κ1) is 12.4. The van der Waals surface area contributed by atoms with Crippen LogP contribution >= 0.6 is 0 Å². The smallest absolute Gasteiger partial charge is 0.324 e. The van der Waals surface area contributed by atoms with Crippen molar-refractivity contribution in [2.45, 2.75) is 32.4 Å². The van der Waals surface area contributed by atoms with E-state index < -0.39 is 21.1 Å². The van der Waals surface area contributed by atoms with Crippen molar-refractivity contribution in [1.29, 1.82) is 0 Å². The van der Waals surface area contributed by atoms with Gasteiger partial charge in [0.2, 0.25) is 0 Å². The summed E-state index contributed by atoms with van der Waals surface area (Å²) in [5, 5.41) is -1.03. The summed E-state index contributed by atoms with van der Waals surface area (Å²) in [7, 11) is -3.31. The molecule has 0 saturated heterocycles. The van der Waals surface area contributed by atoms with Crippen LogP contribution in [0.15, 0.2) is 0 Å². The van der Waals surface area contributed by atoms with Gasteiger partial charge in [-0.2, -0.15) is 0 Å². The van der Waals surface area contributed by atoms with Crippen molar-refractivity contribution >= 4 is 15.8 Å². The van der Waals surface area contributed by atoms with Crippen LogP contribution in [-0.2, 0) is 19.4 Å². The van der Waals surface area contributed by atoms with E-state index in [1.165, 1.54) is 6.92 Å². The molecule has 1 atom stereocenters. The molecule has 0 aliphatic carbocycles. The summed E-state index contributed by atoms with van der Waals surface area (Å²) in [6.07, 6.45) is 0.520. The van der Waals surface area contributed by atoms with E-state index in [-0.39, 0.29) is 12.4 Å². The van der Waals surface area contributed by atoms with E-state index in [2.05, 4.69) is 4.74 Å². The van der Waals surface area contributed by atoms with Crippen molar-refractivity contribution in [3.8, 4) is 0 Å². The fraction of sp³-hybridized carbons (Fsp3) is 0.875. The van der Waals surface area contributed by atoms with Crippen LogP contribution in [0, 0.1) is 0 Å². The minimum Gasteiger partial charge on any atom is -0.465 e. The van der Waals surface area contributed by atoms with Crippen LogP contribution in [0.4, 0.5) is 0 Å². The second-order valence-electron chi connectivity index (χ2n) is 2.76. The number of esters is 1. The first-order valence-electron chi connectivity index (χ1n) is 4.33. The first-order chi connectivity index (χ1) is 5.95. The summed E-state index contributed by atoms with van der Waals surface area (Å²) in [4.78, 5) is 11.1. The highest BCUT2D eigenvalue weighted by molar-refractivity contribution is 7.92. The van der Waals surface area contributed by atoms with E-state index in [0.717, 1.165) is 0 Å². The molecule has 0 spiro atoms. The summed E-state index contributed by atoms with van der Waals surface area (Å²) in [6.45, 7) is 4.99. The van der Waals surface area contributed by atoms with Gasteiger partial charge in [0.15, 0.2) is 15.1 Å². The van der Waals surface area contributed by atoms with Gasteiger partial charge >= 0.3 is 5.97 Å². The van der Waals surface area contributed by atoms with Gasteiger partial charge in [-0.05, 0) is 20.3 Å². The van der Waals surface area contributed by atoms with Gasteiger partial charge < -0.3 is 4.74 Å². The second-order valence-corrected chi connectivity index (χ2v) is 5.20. The maximum Gasteiger partial charge on any atom is 0.324 e. The summed E-state index contributed by atoms with van der Waals surface area (Å²) < 4.78 is 27.3. The third-order valence-corrected chi connectivity index (χ3v) is 3.89. The molecular weight excluding hydrogens is 192 g/mol. The second kappa shape index (κ2) is 5.21. The van der Waals surface area contributed by atoms with Crippen LogP contribution in [0.1, 0.15) is 27.2 Å². The molecule has 0 aromatic heterocycles. The van der Waals surface area contributed by atoms with Crippen molar-refractivity contribution in [3.63, 3.8) is 0 Å². The van der Waals surface area contributed by atoms with Crippen LogP contribution in [0.3, 0.4) is 0 Å². The Kier molecular flexibility index (Phi) is 4.98. The van der Waals surface area contributed by atoms with Gasteiger partial charge in [-0.25, -0.2) is 8.42 Å². The summed E-state index contributed by atoms with van der Waals surface area (Å²) in [5.74, 6) is -0.622. The molecule has 0 aliphatic rings.